The highest BCUT2D eigenvalue weighted by molar-refractivity contribution is 5.79. The minimum atomic E-state index is -1.13. The zero-order chi connectivity index (χ0) is 31.5. The third-order valence-electron chi connectivity index (χ3n) is 6.98. The summed E-state index contributed by atoms with van der Waals surface area (Å²) in [6.07, 6.45) is 0. The fourth-order valence-electron chi connectivity index (χ4n) is 4.71. The average molecular weight is 618 g/mol. The summed E-state index contributed by atoms with van der Waals surface area (Å²) in [7, 11) is 0. The van der Waals surface area contributed by atoms with Gasteiger partial charge in [0.2, 0.25) is 11.8 Å². The lowest BCUT2D eigenvalue weighted by atomic mass is 10.3. The number of carboxylic acids is 3. The SMILES string of the molecule is O=C(O)CN(CCN(CC(=O)O)CC(=O)NCCN1CCOCC1)CCN(CC(=O)O)CC(=O)NCCN1CCOCC1. The first-order chi connectivity index (χ1) is 20.6. The number of carboxylic acid groups (broad SMARTS) is 3. The molecule has 0 unspecified atom stereocenters. The molecule has 2 aliphatic heterocycles. The quantitative estimate of drug-likeness (QED) is 0.0786. The first kappa shape index (κ1) is 36.3. The molecule has 17 nitrogen and oxygen atoms in total. The van der Waals surface area contributed by atoms with E-state index in [2.05, 4.69) is 20.4 Å². The van der Waals surface area contributed by atoms with Crippen LogP contribution in [-0.4, -0.2) is 207 Å². The van der Waals surface area contributed by atoms with Gasteiger partial charge in [-0.25, -0.2) is 0 Å². The van der Waals surface area contributed by atoms with Crippen LogP contribution in [0.3, 0.4) is 0 Å². The highest BCUT2D eigenvalue weighted by Crippen LogP contribution is 1.99. The van der Waals surface area contributed by atoms with E-state index in [-0.39, 0.29) is 57.6 Å². The Morgan fingerprint density at radius 1 is 0.535 bits per heavy atom. The van der Waals surface area contributed by atoms with E-state index in [1.165, 1.54) is 14.7 Å². The smallest absolute Gasteiger partial charge is 0.317 e. The second-order valence-corrected chi connectivity index (χ2v) is 10.5. The van der Waals surface area contributed by atoms with Crippen molar-refractivity contribution in [2.75, 3.05) is 138 Å². The number of nitrogens with zero attached hydrogens (tertiary/aromatic N) is 5. The van der Waals surface area contributed by atoms with Crippen LogP contribution < -0.4 is 10.6 Å². The van der Waals surface area contributed by atoms with E-state index in [1.54, 1.807) is 0 Å². The summed E-state index contributed by atoms with van der Waals surface area (Å²) in [5, 5.41) is 33.6. The summed E-state index contributed by atoms with van der Waals surface area (Å²) >= 11 is 0. The van der Waals surface area contributed by atoms with Gasteiger partial charge in [-0.15, -0.1) is 0 Å². The van der Waals surface area contributed by atoms with Crippen molar-refractivity contribution >= 4 is 29.7 Å². The van der Waals surface area contributed by atoms with Crippen molar-refractivity contribution in [1.82, 2.24) is 35.1 Å². The molecule has 0 saturated carbocycles. The number of hydrogen-bond acceptors (Lipinski definition) is 12. The molecule has 0 bridgehead atoms. The lowest BCUT2D eigenvalue weighted by Crippen LogP contribution is -2.48. The second kappa shape index (κ2) is 20.9. The number of amides is 2. The fourth-order valence-corrected chi connectivity index (χ4v) is 4.71. The van der Waals surface area contributed by atoms with E-state index in [9.17, 15) is 39.3 Å². The molecule has 5 N–H and O–H groups in total. The van der Waals surface area contributed by atoms with Gasteiger partial charge in [-0.1, -0.05) is 0 Å². The molecular formula is C26H47N7O10. The normalized spacial score (nSPS) is 16.4. The number of rotatable bonds is 22. The van der Waals surface area contributed by atoms with Crippen molar-refractivity contribution < 1.29 is 48.8 Å². The van der Waals surface area contributed by atoms with E-state index in [1.807, 2.05) is 0 Å². The molecule has 0 aromatic carbocycles. The zero-order valence-corrected chi connectivity index (χ0v) is 24.8. The van der Waals surface area contributed by atoms with Crippen LogP contribution in [0, 0.1) is 0 Å². The Bertz CT molecular complexity index is 822. The maximum absolute atomic E-state index is 12.5. The molecule has 2 amide bonds. The maximum atomic E-state index is 12.5. The standard InChI is InChI=1S/C26H47N7O10/c34-22(27-1-3-29-9-13-42-14-10-29)17-32(20-25(38)39)7-5-31(19-24(36)37)6-8-33(21-26(40)41)18-23(35)28-2-4-30-11-15-43-16-12-30/h1-21H2,(H,27,34)(H,28,35)(H,36,37)(H,38,39)(H,40,41). The molecule has 2 aliphatic rings. The van der Waals surface area contributed by atoms with E-state index < -0.39 is 31.0 Å². The van der Waals surface area contributed by atoms with Gasteiger partial charge in [0.1, 0.15) is 0 Å². The number of carbonyl (C=O) groups excluding carboxylic acids is 2. The van der Waals surface area contributed by atoms with Crippen LogP contribution in [0.5, 0.6) is 0 Å². The third kappa shape index (κ3) is 17.7. The van der Waals surface area contributed by atoms with Crippen LogP contribution in [0.25, 0.3) is 0 Å². The monoisotopic (exact) mass is 617 g/mol. The molecule has 0 atom stereocenters. The molecule has 0 spiro atoms. The van der Waals surface area contributed by atoms with Crippen LogP contribution in [0.15, 0.2) is 0 Å². The van der Waals surface area contributed by atoms with Gasteiger partial charge in [-0.3, -0.25) is 48.5 Å². The minimum absolute atomic E-state index is 0.0947. The largest absolute Gasteiger partial charge is 0.480 e. The molecule has 0 aliphatic carbocycles. The number of morpholine rings is 2. The predicted molar refractivity (Wildman–Crippen MR) is 153 cm³/mol. The second-order valence-electron chi connectivity index (χ2n) is 10.5. The molecule has 0 aromatic heterocycles. The molecule has 17 heteroatoms. The summed E-state index contributed by atoms with van der Waals surface area (Å²) < 4.78 is 10.6. The van der Waals surface area contributed by atoms with Gasteiger partial charge < -0.3 is 35.4 Å². The van der Waals surface area contributed by atoms with Crippen LogP contribution in [0.2, 0.25) is 0 Å². The summed E-state index contributed by atoms with van der Waals surface area (Å²) in [4.78, 5) is 68.0. The Kier molecular flexibility index (Phi) is 17.6. The van der Waals surface area contributed by atoms with Gasteiger partial charge in [-0.05, 0) is 0 Å². The van der Waals surface area contributed by atoms with Crippen molar-refractivity contribution in [3.8, 4) is 0 Å². The van der Waals surface area contributed by atoms with Gasteiger partial charge in [-0.2, -0.15) is 0 Å². The molecule has 2 heterocycles. The molecule has 0 aromatic rings. The van der Waals surface area contributed by atoms with Crippen LogP contribution in [0.4, 0.5) is 0 Å². The van der Waals surface area contributed by atoms with Gasteiger partial charge in [0.25, 0.3) is 0 Å². The molecule has 2 rings (SSSR count). The lowest BCUT2D eigenvalue weighted by Gasteiger charge is -2.28. The van der Waals surface area contributed by atoms with E-state index in [0.717, 1.165) is 26.2 Å². The number of aliphatic carboxylic acids is 3. The van der Waals surface area contributed by atoms with Crippen LogP contribution in [0.1, 0.15) is 0 Å². The summed E-state index contributed by atoms with van der Waals surface area (Å²) in [6.45, 7) is 6.70. The van der Waals surface area contributed by atoms with Crippen LogP contribution in [-0.2, 0) is 33.4 Å². The highest BCUT2D eigenvalue weighted by atomic mass is 16.5. The van der Waals surface area contributed by atoms with Gasteiger partial charge in [0.15, 0.2) is 0 Å². The first-order valence-electron chi connectivity index (χ1n) is 14.6. The number of carbonyl (C=O) groups is 5. The maximum Gasteiger partial charge on any atom is 0.317 e. The van der Waals surface area contributed by atoms with Crippen LogP contribution >= 0.6 is 0 Å². The summed E-state index contributed by atoms with van der Waals surface area (Å²) in [5.41, 5.74) is 0. The number of ether oxygens (including phenoxy) is 2. The molecule has 2 fully saturated rings. The molecule has 43 heavy (non-hydrogen) atoms. The summed E-state index contributed by atoms with van der Waals surface area (Å²) in [5.74, 6) is -4.05. The Hall–Kier alpha value is -2.93. The lowest BCUT2D eigenvalue weighted by molar-refractivity contribution is -0.141. The predicted octanol–water partition coefficient (Wildman–Crippen LogP) is -3.96. The van der Waals surface area contributed by atoms with Crippen molar-refractivity contribution in [2.24, 2.45) is 0 Å². The first-order valence-corrected chi connectivity index (χ1v) is 14.6. The van der Waals surface area contributed by atoms with Crippen molar-refractivity contribution in [3.05, 3.63) is 0 Å². The Morgan fingerprint density at radius 3 is 1.21 bits per heavy atom. The van der Waals surface area contributed by atoms with Crippen molar-refractivity contribution in [1.29, 1.82) is 0 Å². The molecule has 2 saturated heterocycles. The highest BCUT2D eigenvalue weighted by Gasteiger charge is 2.20. The van der Waals surface area contributed by atoms with E-state index >= 15 is 0 Å². The number of hydrogen-bond donors (Lipinski definition) is 5. The zero-order valence-electron chi connectivity index (χ0n) is 24.8. The third-order valence-corrected chi connectivity index (χ3v) is 6.98. The number of nitrogens with one attached hydrogen (secondary N) is 2. The Morgan fingerprint density at radius 2 is 0.860 bits per heavy atom. The van der Waals surface area contributed by atoms with Gasteiger partial charge in [0.05, 0.1) is 59.2 Å². The fraction of sp³-hybridized carbons (Fsp3) is 0.808. The molecular weight excluding hydrogens is 570 g/mol. The van der Waals surface area contributed by atoms with Gasteiger partial charge in [0, 0.05) is 78.5 Å². The topological polar surface area (TPSA) is 205 Å². The Labute approximate surface area is 251 Å². The van der Waals surface area contributed by atoms with E-state index in [4.69, 9.17) is 9.47 Å². The van der Waals surface area contributed by atoms with Crippen molar-refractivity contribution in [3.63, 3.8) is 0 Å². The molecule has 0 radical (unpaired) electrons. The van der Waals surface area contributed by atoms with Gasteiger partial charge >= 0.3 is 17.9 Å². The molecule has 246 valence electrons. The Balaban J connectivity index is 1.83. The summed E-state index contributed by atoms with van der Waals surface area (Å²) in [6, 6.07) is 0. The van der Waals surface area contributed by atoms with Crippen molar-refractivity contribution in [2.45, 2.75) is 0 Å². The average Bonchev–Trinajstić information content (AvgIpc) is 2.94. The minimum Gasteiger partial charge on any atom is -0.480 e. The van der Waals surface area contributed by atoms with E-state index in [0.29, 0.717) is 52.6 Å².